The molecule has 0 bridgehead atoms. The van der Waals surface area contributed by atoms with Gasteiger partial charge in [-0.2, -0.15) is 0 Å². The van der Waals surface area contributed by atoms with E-state index < -0.39 is 23.1 Å². The molecule has 6 heteroatoms. The molecule has 0 saturated heterocycles. The normalized spacial score (nSPS) is 14.4. The van der Waals surface area contributed by atoms with Gasteiger partial charge in [0.15, 0.2) is 0 Å². The Kier molecular flexibility index (Phi) is 4.24. The van der Waals surface area contributed by atoms with E-state index in [-0.39, 0.29) is 5.56 Å². The number of nitrogens with zero attached hydrogens (tertiary/aromatic N) is 1. The van der Waals surface area contributed by atoms with Gasteiger partial charge in [0, 0.05) is 11.8 Å². The molecule has 1 heterocycles. The van der Waals surface area contributed by atoms with Gasteiger partial charge in [-0.15, -0.1) is 0 Å². The van der Waals surface area contributed by atoms with Gasteiger partial charge < -0.3 is 14.8 Å². The van der Waals surface area contributed by atoms with Gasteiger partial charge in [-0.1, -0.05) is 0 Å². The summed E-state index contributed by atoms with van der Waals surface area (Å²) in [6.45, 7) is 6.55. The molecule has 0 aliphatic carbocycles. The fourth-order valence-corrected chi connectivity index (χ4v) is 1.38. The van der Waals surface area contributed by atoms with E-state index in [0.29, 0.717) is 6.29 Å². The van der Waals surface area contributed by atoms with E-state index in [1.54, 1.807) is 20.8 Å². The Balaban J connectivity index is 2.93. The maximum absolute atomic E-state index is 13.1. The second-order valence-corrected chi connectivity index (χ2v) is 5.34. The Bertz CT molecular complexity index is 485. The Morgan fingerprint density at radius 2 is 2.00 bits per heavy atom. The number of aromatic nitrogens is 1. The van der Waals surface area contributed by atoms with Crippen LogP contribution in [0.5, 0.6) is 0 Å². The highest BCUT2D eigenvalue weighted by molar-refractivity contribution is 5.77. The highest BCUT2D eigenvalue weighted by Gasteiger charge is 2.31. The Morgan fingerprint density at radius 1 is 1.37 bits per heavy atom. The minimum Gasteiger partial charge on any atom is -0.444 e. The van der Waals surface area contributed by atoms with Crippen molar-refractivity contribution in [3.8, 4) is 0 Å². The summed E-state index contributed by atoms with van der Waals surface area (Å²) >= 11 is 0. The molecule has 104 valence electrons. The molecule has 0 aliphatic rings. The molecule has 0 aliphatic heterocycles. The molecular weight excluding hydrogens is 251 g/mol. The largest absolute Gasteiger partial charge is 0.444 e. The van der Waals surface area contributed by atoms with E-state index >= 15 is 0 Å². The molecule has 0 saturated carbocycles. The Morgan fingerprint density at radius 3 is 2.47 bits per heavy atom. The van der Waals surface area contributed by atoms with Crippen LogP contribution in [0.25, 0.3) is 0 Å². The summed E-state index contributed by atoms with van der Waals surface area (Å²) < 4.78 is 18.2. The quantitative estimate of drug-likeness (QED) is 0.853. The smallest absolute Gasteiger partial charge is 0.408 e. The molecule has 0 radical (unpaired) electrons. The summed E-state index contributed by atoms with van der Waals surface area (Å²) in [5, 5.41) is 2.41. The van der Waals surface area contributed by atoms with Crippen molar-refractivity contribution < 1.29 is 18.7 Å². The van der Waals surface area contributed by atoms with Gasteiger partial charge in [0.25, 0.3) is 0 Å². The number of rotatable bonds is 3. The molecule has 19 heavy (non-hydrogen) atoms. The van der Waals surface area contributed by atoms with Crippen molar-refractivity contribution in [3.63, 3.8) is 0 Å². The maximum Gasteiger partial charge on any atom is 0.408 e. The molecule has 0 spiro atoms. The Labute approximate surface area is 111 Å². The lowest BCUT2D eigenvalue weighted by Gasteiger charge is -2.27. The lowest BCUT2D eigenvalue weighted by molar-refractivity contribution is -0.113. The van der Waals surface area contributed by atoms with Crippen LogP contribution in [0.2, 0.25) is 0 Å². The Hall–Kier alpha value is -1.98. The lowest BCUT2D eigenvalue weighted by atomic mass is 9.95. The minimum absolute atomic E-state index is 0.244. The van der Waals surface area contributed by atoms with E-state index in [2.05, 4.69) is 10.3 Å². The van der Waals surface area contributed by atoms with E-state index in [1.165, 1.54) is 13.1 Å². The number of carbonyl (C=O) groups excluding carboxylic acids is 2. The monoisotopic (exact) mass is 268 g/mol. The summed E-state index contributed by atoms with van der Waals surface area (Å²) in [4.78, 5) is 26.6. The van der Waals surface area contributed by atoms with Crippen LogP contribution in [0.3, 0.4) is 0 Å². The van der Waals surface area contributed by atoms with Crippen molar-refractivity contribution in [3.05, 3.63) is 29.8 Å². The first-order valence-electron chi connectivity index (χ1n) is 5.75. The summed E-state index contributed by atoms with van der Waals surface area (Å²) in [7, 11) is 0. The van der Waals surface area contributed by atoms with Crippen LogP contribution >= 0.6 is 0 Å². The zero-order valence-electron chi connectivity index (χ0n) is 11.4. The van der Waals surface area contributed by atoms with E-state index in [1.807, 2.05) is 0 Å². The lowest BCUT2D eigenvalue weighted by Crippen LogP contribution is -2.47. The standard InChI is InChI=1S/C13H17FN2O3/c1-12(2,3)19-11(18)16-13(4,8-17)9-5-10(14)7-15-6-9/h5-8H,1-4H3,(H,16,18). The molecule has 0 fully saturated rings. The van der Waals surface area contributed by atoms with Gasteiger partial charge in [0.2, 0.25) is 0 Å². The molecule has 5 nitrogen and oxygen atoms in total. The topological polar surface area (TPSA) is 68.3 Å². The van der Waals surface area contributed by atoms with Crippen LogP contribution in [0.1, 0.15) is 33.3 Å². The third kappa shape index (κ3) is 4.31. The van der Waals surface area contributed by atoms with Crippen molar-refractivity contribution in [1.82, 2.24) is 10.3 Å². The van der Waals surface area contributed by atoms with E-state index in [4.69, 9.17) is 4.74 Å². The number of halogens is 1. The number of hydrogen-bond acceptors (Lipinski definition) is 4. The number of pyridine rings is 1. The van der Waals surface area contributed by atoms with E-state index in [0.717, 1.165) is 12.3 Å². The van der Waals surface area contributed by atoms with Gasteiger partial charge >= 0.3 is 6.09 Å². The van der Waals surface area contributed by atoms with Gasteiger partial charge in [-0.3, -0.25) is 4.98 Å². The predicted molar refractivity (Wildman–Crippen MR) is 67.0 cm³/mol. The van der Waals surface area contributed by atoms with Gasteiger partial charge in [-0.25, -0.2) is 9.18 Å². The van der Waals surface area contributed by atoms with Gasteiger partial charge in [-0.05, 0) is 33.8 Å². The first kappa shape index (κ1) is 15.1. The fraction of sp³-hybridized carbons (Fsp3) is 0.462. The van der Waals surface area contributed by atoms with Crippen molar-refractivity contribution >= 4 is 12.4 Å². The molecule has 1 N–H and O–H groups in total. The number of carbonyl (C=O) groups is 2. The first-order valence-corrected chi connectivity index (χ1v) is 5.75. The zero-order valence-corrected chi connectivity index (χ0v) is 11.4. The summed E-state index contributed by atoms with van der Waals surface area (Å²) in [6, 6.07) is 1.14. The third-order valence-corrected chi connectivity index (χ3v) is 2.30. The van der Waals surface area contributed by atoms with Crippen LogP contribution in [0.15, 0.2) is 18.5 Å². The van der Waals surface area contributed by atoms with Crippen LogP contribution in [0, 0.1) is 5.82 Å². The average molecular weight is 268 g/mol. The van der Waals surface area contributed by atoms with Crippen molar-refractivity contribution in [2.45, 2.75) is 38.8 Å². The van der Waals surface area contributed by atoms with Gasteiger partial charge in [0.1, 0.15) is 23.2 Å². The molecular formula is C13H17FN2O3. The number of hydrogen-bond donors (Lipinski definition) is 1. The molecule has 1 atom stereocenters. The summed E-state index contributed by atoms with van der Waals surface area (Å²) in [5.74, 6) is -0.587. The summed E-state index contributed by atoms with van der Waals surface area (Å²) in [6.07, 6.45) is 2.08. The number of alkyl carbamates (subject to hydrolysis) is 1. The SMILES string of the molecule is CC(C)(C)OC(=O)NC(C)(C=O)c1cncc(F)c1. The number of aldehydes is 1. The van der Waals surface area contributed by atoms with E-state index in [9.17, 15) is 14.0 Å². The third-order valence-electron chi connectivity index (χ3n) is 2.30. The molecule has 0 aromatic carbocycles. The average Bonchev–Trinajstić information content (AvgIpc) is 2.26. The van der Waals surface area contributed by atoms with Crippen molar-refractivity contribution in [1.29, 1.82) is 0 Å². The second-order valence-electron chi connectivity index (χ2n) is 5.34. The number of nitrogens with one attached hydrogen (secondary N) is 1. The minimum atomic E-state index is -1.39. The molecule has 1 rings (SSSR count). The van der Waals surface area contributed by atoms with Crippen LogP contribution in [-0.4, -0.2) is 23.0 Å². The summed E-state index contributed by atoms with van der Waals surface area (Å²) in [5.41, 5.74) is -1.83. The molecule has 1 aromatic rings. The van der Waals surface area contributed by atoms with Crippen LogP contribution in [0.4, 0.5) is 9.18 Å². The predicted octanol–water partition coefficient (Wildman–Crippen LogP) is 2.16. The fourth-order valence-electron chi connectivity index (χ4n) is 1.38. The molecule has 1 aromatic heterocycles. The first-order chi connectivity index (χ1) is 8.66. The second kappa shape index (κ2) is 5.34. The van der Waals surface area contributed by atoms with Crippen LogP contribution in [-0.2, 0) is 15.1 Å². The number of ether oxygens (including phenoxy) is 1. The molecule has 1 amide bonds. The van der Waals surface area contributed by atoms with Crippen molar-refractivity contribution in [2.24, 2.45) is 0 Å². The van der Waals surface area contributed by atoms with Crippen molar-refractivity contribution in [2.75, 3.05) is 0 Å². The molecule has 1 unspecified atom stereocenters. The number of amides is 1. The zero-order chi connectivity index (χ0) is 14.7. The maximum atomic E-state index is 13.1. The highest BCUT2D eigenvalue weighted by Crippen LogP contribution is 2.19. The van der Waals surface area contributed by atoms with Gasteiger partial charge in [0.05, 0.1) is 6.20 Å². The highest BCUT2D eigenvalue weighted by atomic mass is 19.1. The van der Waals surface area contributed by atoms with Crippen LogP contribution < -0.4 is 5.32 Å².